The van der Waals surface area contributed by atoms with Crippen molar-refractivity contribution in [3.63, 3.8) is 0 Å². The number of hydrogen-bond donors (Lipinski definition) is 1. The van der Waals surface area contributed by atoms with Crippen LogP contribution in [0.25, 0.3) is 0 Å². The summed E-state index contributed by atoms with van der Waals surface area (Å²) >= 11 is 1.56. The van der Waals surface area contributed by atoms with Crippen LogP contribution >= 0.6 is 11.8 Å². The van der Waals surface area contributed by atoms with Gasteiger partial charge in [0.2, 0.25) is 0 Å². The van der Waals surface area contributed by atoms with Crippen LogP contribution in [0.1, 0.15) is 5.56 Å². The zero-order valence-electron chi connectivity index (χ0n) is 9.43. The maximum atomic E-state index is 8.90. The predicted octanol–water partition coefficient (Wildman–Crippen LogP) is -0.879. The van der Waals surface area contributed by atoms with Crippen LogP contribution in [0.5, 0.6) is 0 Å². The first-order chi connectivity index (χ1) is 7.24. The summed E-state index contributed by atoms with van der Waals surface area (Å²) in [6, 6.07) is 9.71. The second-order valence-electron chi connectivity index (χ2n) is 3.42. The van der Waals surface area contributed by atoms with Gasteiger partial charge in [0, 0.05) is 17.9 Å². The molecule has 0 heterocycles. The molecule has 5 heteroatoms. The molecule has 3 nitrogen and oxygen atoms in total. The Morgan fingerprint density at radius 1 is 1.31 bits per heavy atom. The van der Waals surface area contributed by atoms with Crippen molar-refractivity contribution in [3.8, 4) is 0 Å². The van der Waals surface area contributed by atoms with Gasteiger partial charge in [-0.1, -0.05) is 35.5 Å². The Hall–Kier alpha value is -0.710. The number of nitrogens with zero attached hydrogens (tertiary/aromatic N) is 2. The molecule has 1 aromatic carbocycles. The van der Waals surface area contributed by atoms with Crippen molar-refractivity contribution < 1.29 is 17.6 Å². The third-order valence-electron chi connectivity index (χ3n) is 1.89. The third-order valence-corrected chi connectivity index (χ3v) is 2.87. The Labute approximate surface area is 107 Å². The standard InChI is InChI=1S/C11H16N2OS.ClH/c1-13(2)8-9-15-11(12-14)10-6-4-3-5-7-10;/h3-7,14H,8-9H2,1-2H3;1H/p-1/b12-11+;. The number of rotatable bonds is 4. The third kappa shape index (κ3) is 5.39. The molecule has 0 aliphatic rings. The Kier molecular flexibility index (Phi) is 8.07. The van der Waals surface area contributed by atoms with Gasteiger partial charge in [-0.3, -0.25) is 0 Å². The van der Waals surface area contributed by atoms with E-state index in [9.17, 15) is 0 Å². The Morgan fingerprint density at radius 3 is 2.44 bits per heavy atom. The van der Waals surface area contributed by atoms with Crippen molar-refractivity contribution in [2.75, 3.05) is 26.4 Å². The molecule has 0 atom stereocenters. The lowest BCUT2D eigenvalue weighted by atomic mass is 10.2. The lowest BCUT2D eigenvalue weighted by Crippen LogP contribution is -3.00. The summed E-state index contributed by atoms with van der Waals surface area (Å²) in [5.74, 6) is 0.918. The van der Waals surface area contributed by atoms with Crippen LogP contribution in [0, 0.1) is 0 Å². The van der Waals surface area contributed by atoms with Gasteiger partial charge in [0.15, 0.2) is 0 Å². The lowest BCUT2D eigenvalue weighted by Gasteiger charge is -2.09. The SMILES string of the molecule is CN(C)CCS/C(=N/O)c1ccccc1.[Cl-]. The van der Waals surface area contributed by atoms with Crippen LogP contribution in [0.15, 0.2) is 35.5 Å². The highest BCUT2D eigenvalue weighted by Crippen LogP contribution is 2.13. The fraction of sp³-hybridized carbons (Fsp3) is 0.364. The van der Waals surface area contributed by atoms with Gasteiger partial charge >= 0.3 is 0 Å². The first-order valence-corrected chi connectivity index (χ1v) is 5.77. The Bertz CT molecular complexity index is 317. The summed E-state index contributed by atoms with van der Waals surface area (Å²) in [5, 5.41) is 12.9. The minimum atomic E-state index is 0. The maximum Gasteiger partial charge on any atom is 0.143 e. The molecule has 0 radical (unpaired) electrons. The summed E-state index contributed by atoms with van der Waals surface area (Å²) in [6.07, 6.45) is 0. The smallest absolute Gasteiger partial charge is 0.143 e. The molecular weight excluding hydrogens is 244 g/mol. The van der Waals surface area contributed by atoms with Gasteiger partial charge in [0.05, 0.1) is 0 Å². The van der Waals surface area contributed by atoms with E-state index in [2.05, 4.69) is 10.1 Å². The van der Waals surface area contributed by atoms with Crippen LogP contribution < -0.4 is 12.4 Å². The number of oxime groups is 1. The van der Waals surface area contributed by atoms with Gasteiger partial charge in [0.1, 0.15) is 5.04 Å². The normalized spacial score (nSPS) is 11.3. The molecular formula is C11H16ClN2OS-. The van der Waals surface area contributed by atoms with E-state index in [1.54, 1.807) is 11.8 Å². The fourth-order valence-electron chi connectivity index (χ4n) is 1.08. The molecule has 0 bridgehead atoms. The molecule has 0 saturated heterocycles. The number of hydrogen-bond acceptors (Lipinski definition) is 4. The summed E-state index contributed by atoms with van der Waals surface area (Å²) in [4.78, 5) is 2.10. The molecule has 0 fully saturated rings. The summed E-state index contributed by atoms with van der Waals surface area (Å²) < 4.78 is 0. The Balaban J connectivity index is 0.00000225. The van der Waals surface area contributed by atoms with Gasteiger partial charge in [-0.15, -0.1) is 11.8 Å². The van der Waals surface area contributed by atoms with E-state index in [-0.39, 0.29) is 12.4 Å². The van der Waals surface area contributed by atoms with Gasteiger partial charge in [-0.25, -0.2) is 0 Å². The van der Waals surface area contributed by atoms with Crippen molar-refractivity contribution in [3.05, 3.63) is 35.9 Å². The van der Waals surface area contributed by atoms with Crippen LogP contribution in [0.3, 0.4) is 0 Å². The van der Waals surface area contributed by atoms with Crippen LogP contribution in [0.2, 0.25) is 0 Å². The molecule has 1 N–H and O–H groups in total. The molecule has 16 heavy (non-hydrogen) atoms. The highest BCUT2D eigenvalue weighted by molar-refractivity contribution is 8.14. The molecule has 0 aromatic heterocycles. The average molecular weight is 260 g/mol. The lowest BCUT2D eigenvalue weighted by molar-refractivity contribution is -0.00000394. The van der Waals surface area contributed by atoms with Crippen LogP contribution in [-0.4, -0.2) is 41.5 Å². The van der Waals surface area contributed by atoms with Crippen molar-refractivity contribution in [2.24, 2.45) is 5.16 Å². The summed E-state index contributed by atoms with van der Waals surface area (Å²) in [7, 11) is 4.05. The zero-order chi connectivity index (χ0) is 11.1. The number of halogens is 1. The highest BCUT2D eigenvalue weighted by atomic mass is 35.5. The van der Waals surface area contributed by atoms with E-state index < -0.39 is 0 Å². The van der Waals surface area contributed by atoms with Crippen LogP contribution in [-0.2, 0) is 0 Å². The van der Waals surface area contributed by atoms with Gasteiger partial charge in [0.25, 0.3) is 0 Å². The summed E-state index contributed by atoms with van der Waals surface area (Å²) in [6.45, 7) is 0.969. The monoisotopic (exact) mass is 259 g/mol. The highest BCUT2D eigenvalue weighted by Gasteiger charge is 2.04. The molecule has 0 saturated carbocycles. The predicted molar refractivity (Wildman–Crippen MR) is 65.8 cm³/mol. The zero-order valence-corrected chi connectivity index (χ0v) is 11.0. The van der Waals surface area contributed by atoms with Gasteiger partial charge in [-0.05, 0) is 14.1 Å². The first-order valence-electron chi connectivity index (χ1n) is 4.79. The van der Waals surface area contributed by atoms with Gasteiger partial charge in [-0.2, -0.15) is 0 Å². The molecule has 0 spiro atoms. The van der Waals surface area contributed by atoms with E-state index in [4.69, 9.17) is 5.21 Å². The number of benzene rings is 1. The van der Waals surface area contributed by atoms with E-state index in [1.165, 1.54) is 0 Å². The average Bonchev–Trinajstić information content (AvgIpc) is 2.25. The second kappa shape index (κ2) is 8.44. The van der Waals surface area contributed by atoms with Crippen molar-refractivity contribution in [1.82, 2.24) is 4.90 Å². The molecule has 0 aliphatic carbocycles. The largest absolute Gasteiger partial charge is 1.00 e. The fourth-order valence-corrected chi connectivity index (χ4v) is 2.09. The minimum absolute atomic E-state index is 0. The summed E-state index contributed by atoms with van der Waals surface area (Å²) in [5.41, 5.74) is 0.962. The molecule has 1 aromatic rings. The maximum absolute atomic E-state index is 8.90. The van der Waals surface area contributed by atoms with Gasteiger partial charge < -0.3 is 22.5 Å². The Morgan fingerprint density at radius 2 is 1.94 bits per heavy atom. The first kappa shape index (κ1) is 15.3. The van der Waals surface area contributed by atoms with Crippen molar-refractivity contribution >= 4 is 16.8 Å². The molecule has 0 unspecified atom stereocenters. The van der Waals surface area contributed by atoms with E-state index >= 15 is 0 Å². The van der Waals surface area contributed by atoms with E-state index in [0.717, 1.165) is 17.9 Å². The topological polar surface area (TPSA) is 35.8 Å². The minimum Gasteiger partial charge on any atom is -1.00 e. The van der Waals surface area contributed by atoms with Crippen LogP contribution in [0.4, 0.5) is 0 Å². The van der Waals surface area contributed by atoms with E-state index in [0.29, 0.717) is 5.04 Å². The molecule has 0 amide bonds. The molecule has 0 aliphatic heterocycles. The van der Waals surface area contributed by atoms with E-state index in [1.807, 2.05) is 44.4 Å². The number of thioether (sulfide) groups is 1. The molecule has 1 rings (SSSR count). The second-order valence-corrected chi connectivity index (χ2v) is 4.51. The quantitative estimate of drug-likeness (QED) is 0.330. The molecule has 90 valence electrons. The van der Waals surface area contributed by atoms with Crippen molar-refractivity contribution in [2.45, 2.75) is 0 Å². The van der Waals surface area contributed by atoms with Crippen molar-refractivity contribution in [1.29, 1.82) is 0 Å².